The molecule has 0 spiro atoms. The summed E-state index contributed by atoms with van der Waals surface area (Å²) in [5, 5.41) is 2.82. The molecule has 1 amide bonds. The number of nitrogens with one attached hydrogen (secondary N) is 1. The Kier molecular flexibility index (Phi) is 3.23. The standard InChI is InChI=1S/C14H11BrN4O/c1-9-13(14(20)18-11-3-2-6-16-7-11)19-8-10(15)4-5-12(19)17-9/h2-8H,1H3,(H,18,20). The van der Waals surface area contributed by atoms with E-state index in [1.165, 1.54) is 0 Å². The third kappa shape index (κ3) is 2.30. The van der Waals surface area contributed by atoms with Gasteiger partial charge in [-0.3, -0.25) is 14.2 Å². The van der Waals surface area contributed by atoms with Gasteiger partial charge in [0.25, 0.3) is 5.91 Å². The monoisotopic (exact) mass is 330 g/mol. The molecular weight excluding hydrogens is 320 g/mol. The summed E-state index contributed by atoms with van der Waals surface area (Å²) in [4.78, 5) is 20.8. The van der Waals surface area contributed by atoms with E-state index in [2.05, 4.69) is 31.2 Å². The van der Waals surface area contributed by atoms with E-state index in [4.69, 9.17) is 0 Å². The van der Waals surface area contributed by atoms with E-state index in [-0.39, 0.29) is 5.91 Å². The van der Waals surface area contributed by atoms with Crippen molar-refractivity contribution in [2.45, 2.75) is 6.92 Å². The number of anilines is 1. The molecule has 20 heavy (non-hydrogen) atoms. The number of fused-ring (bicyclic) bond motifs is 1. The minimum absolute atomic E-state index is 0.207. The molecule has 0 aliphatic heterocycles. The van der Waals surface area contributed by atoms with Crippen molar-refractivity contribution in [2.24, 2.45) is 0 Å². The van der Waals surface area contributed by atoms with Crippen LogP contribution in [0.15, 0.2) is 47.3 Å². The molecule has 0 saturated carbocycles. The summed E-state index contributed by atoms with van der Waals surface area (Å²) in [5.41, 5.74) is 2.60. The van der Waals surface area contributed by atoms with Crippen LogP contribution in [0.1, 0.15) is 16.2 Å². The molecule has 0 saturated heterocycles. The van der Waals surface area contributed by atoms with Crippen molar-refractivity contribution < 1.29 is 4.79 Å². The smallest absolute Gasteiger partial charge is 0.274 e. The van der Waals surface area contributed by atoms with Gasteiger partial charge in [-0.15, -0.1) is 0 Å². The summed E-state index contributed by atoms with van der Waals surface area (Å²) in [6.45, 7) is 1.82. The molecule has 0 unspecified atom stereocenters. The van der Waals surface area contributed by atoms with Crippen LogP contribution < -0.4 is 5.32 Å². The Balaban J connectivity index is 2.03. The maximum absolute atomic E-state index is 12.4. The molecule has 0 aromatic carbocycles. The second-order valence-electron chi connectivity index (χ2n) is 4.32. The van der Waals surface area contributed by atoms with Crippen LogP contribution in [-0.4, -0.2) is 20.3 Å². The first kappa shape index (κ1) is 12.8. The zero-order chi connectivity index (χ0) is 14.1. The molecule has 100 valence electrons. The van der Waals surface area contributed by atoms with Crippen molar-refractivity contribution in [1.82, 2.24) is 14.4 Å². The third-order valence-electron chi connectivity index (χ3n) is 2.89. The van der Waals surface area contributed by atoms with Crippen molar-refractivity contribution in [3.8, 4) is 0 Å². The second kappa shape index (κ2) is 5.05. The average Bonchev–Trinajstić information content (AvgIpc) is 2.75. The lowest BCUT2D eigenvalue weighted by Gasteiger charge is -2.05. The van der Waals surface area contributed by atoms with Crippen LogP contribution >= 0.6 is 15.9 Å². The number of hydrogen-bond donors (Lipinski definition) is 1. The van der Waals surface area contributed by atoms with E-state index in [0.717, 1.165) is 10.1 Å². The van der Waals surface area contributed by atoms with Crippen LogP contribution in [0, 0.1) is 6.92 Å². The number of carbonyl (C=O) groups excluding carboxylic acids is 1. The first-order valence-corrected chi connectivity index (χ1v) is 6.80. The van der Waals surface area contributed by atoms with Crippen molar-refractivity contribution in [3.05, 3.63) is 58.7 Å². The van der Waals surface area contributed by atoms with Crippen molar-refractivity contribution in [3.63, 3.8) is 0 Å². The highest BCUT2D eigenvalue weighted by atomic mass is 79.9. The van der Waals surface area contributed by atoms with Crippen molar-refractivity contribution >= 4 is 33.2 Å². The van der Waals surface area contributed by atoms with Crippen LogP contribution in [0.4, 0.5) is 5.69 Å². The summed E-state index contributed by atoms with van der Waals surface area (Å²) in [5.74, 6) is -0.207. The molecule has 0 atom stereocenters. The SMILES string of the molecule is Cc1nc2ccc(Br)cn2c1C(=O)Nc1cccnc1. The quantitative estimate of drug-likeness (QED) is 0.785. The maximum Gasteiger partial charge on any atom is 0.274 e. The van der Waals surface area contributed by atoms with E-state index < -0.39 is 0 Å². The maximum atomic E-state index is 12.4. The van der Waals surface area contributed by atoms with E-state index in [1.54, 1.807) is 28.9 Å². The highest BCUT2D eigenvalue weighted by Crippen LogP contribution is 2.18. The molecule has 3 aromatic rings. The third-order valence-corrected chi connectivity index (χ3v) is 3.36. The van der Waals surface area contributed by atoms with Gasteiger partial charge < -0.3 is 5.32 Å². The van der Waals surface area contributed by atoms with E-state index in [1.807, 2.05) is 25.3 Å². The van der Waals surface area contributed by atoms with Gasteiger partial charge in [0, 0.05) is 16.9 Å². The number of nitrogens with zero attached hydrogens (tertiary/aromatic N) is 3. The van der Waals surface area contributed by atoms with Gasteiger partial charge in [0.05, 0.1) is 17.6 Å². The van der Waals surface area contributed by atoms with Gasteiger partial charge in [0.1, 0.15) is 11.3 Å². The average molecular weight is 331 g/mol. The van der Waals surface area contributed by atoms with Gasteiger partial charge in [-0.25, -0.2) is 4.98 Å². The number of aromatic nitrogens is 3. The minimum atomic E-state index is -0.207. The Morgan fingerprint density at radius 2 is 2.20 bits per heavy atom. The summed E-state index contributed by atoms with van der Waals surface area (Å²) in [6, 6.07) is 7.31. The molecule has 0 aliphatic rings. The highest BCUT2D eigenvalue weighted by molar-refractivity contribution is 9.10. The Morgan fingerprint density at radius 3 is 2.95 bits per heavy atom. The fourth-order valence-corrected chi connectivity index (χ4v) is 2.37. The lowest BCUT2D eigenvalue weighted by atomic mass is 10.3. The molecule has 3 heterocycles. The highest BCUT2D eigenvalue weighted by Gasteiger charge is 2.16. The number of pyridine rings is 2. The van der Waals surface area contributed by atoms with Crippen LogP contribution in [0.25, 0.3) is 5.65 Å². The van der Waals surface area contributed by atoms with Crippen molar-refractivity contribution in [2.75, 3.05) is 5.32 Å². The zero-order valence-electron chi connectivity index (χ0n) is 10.7. The predicted molar refractivity (Wildman–Crippen MR) is 79.8 cm³/mol. The molecule has 0 bridgehead atoms. The molecule has 3 aromatic heterocycles. The van der Waals surface area contributed by atoms with Crippen LogP contribution in [0.3, 0.4) is 0 Å². The summed E-state index contributed by atoms with van der Waals surface area (Å²) in [7, 11) is 0. The van der Waals surface area contributed by atoms with E-state index in [0.29, 0.717) is 17.1 Å². The number of amides is 1. The zero-order valence-corrected chi connectivity index (χ0v) is 12.3. The molecule has 6 heteroatoms. The summed E-state index contributed by atoms with van der Waals surface area (Å²) in [6.07, 6.45) is 5.09. The minimum Gasteiger partial charge on any atom is -0.319 e. The van der Waals surface area contributed by atoms with Gasteiger partial charge in [0.2, 0.25) is 0 Å². The molecule has 0 fully saturated rings. The molecule has 1 N–H and O–H groups in total. The summed E-state index contributed by atoms with van der Waals surface area (Å²) >= 11 is 3.40. The number of carbonyl (C=O) groups is 1. The molecule has 5 nitrogen and oxygen atoms in total. The van der Waals surface area contributed by atoms with Crippen LogP contribution in [-0.2, 0) is 0 Å². The Bertz CT molecular complexity index is 782. The Morgan fingerprint density at radius 1 is 1.35 bits per heavy atom. The molecule has 0 radical (unpaired) electrons. The lowest BCUT2D eigenvalue weighted by molar-refractivity contribution is 0.102. The summed E-state index contributed by atoms with van der Waals surface area (Å²) < 4.78 is 2.66. The van der Waals surface area contributed by atoms with Gasteiger partial charge in [0.15, 0.2) is 0 Å². The first-order valence-electron chi connectivity index (χ1n) is 6.01. The molecular formula is C14H11BrN4O. The van der Waals surface area contributed by atoms with E-state index >= 15 is 0 Å². The number of rotatable bonds is 2. The first-order chi connectivity index (χ1) is 9.65. The lowest BCUT2D eigenvalue weighted by Crippen LogP contribution is -2.15. The predicted octanol–water partition coefficient (Wildman–Crippen LogP) is 3.05. The molecule has 3 rings (SSSR count). The normalized spacial score (nSPS) is 10.7. The largest absolute Gasteiger partial charge is 0.319 e. The van der Waals surface area contributed by atoms with Crippen molar-refractivity contribution in [1.29, 1.82) is 0 Å². The van der Waals surface area contributed by atoms with Crippen LogP contribution in [0.2, 0.25) is 0 Å². The number of halogens is 1. The topological polar surface area (TPSA) is 59.3 Å². The Labute approximate surface area is 123 Å². The van der Waals surface area contributed by atoms with Gasteiger partial charge in [-0.05, 0) is 47.1 Å². The second-order valence-corrected chi connectivity index (χ2v) is 5.23. The van der Waals surface area contributed by atoms with Gasteiger partial charge in [-0.1, -0.05) is 0 Å². The number of aryl methyl sites for hydroxylation is 1. The van der Waals surface area contributed by atoms with Crippen LogP contribution in [0.5, 0.6) is 0 Å². The number of hydrogen-bond acceptors (Lipinski definition) is 3. The fourth-order valence-electron chi connectivity index (χ4n) is 2.04. The van der Waals surface area contributed by atoms with Gasteiger partial charge in [-0.2, -0.15) is 0 Å². The van der Waals surface area contributed by atoms with E-state index in [9.17, 15) is 4.79 Å². The van der Waals surface area contributed by atoms with Gasteiger partial charge >= 0.3 is 0 Å². The fraction of sp³-hybridized carbons (Fsp3) is 0.0714. The molecule has 0 aliphatic carbocycles. The number of imidazole rings is 1. The Hall–Kier alpha value is -2.21.